The Bertz CT molecular complexity index is 1180. The number of benzene rings is 2. The summed E-state index contributed by atoms with van der Waals surface area (Å²) in [5, 5.41) is 9.47. The minimum atomic E-state index is -1.94. The van der Waals surface area contributed by atoms with Crippen molar-refractivity contribution in [3.8, 4) is 5.75 Å². The van der Waals surface area contributed by atoms with E-state index in [0.29, 0.717) is 0 Å². The summed E-state index contributed by atoms with van der Waals surface area (Å²) in [5.41, 5.74) is -0.218. The summed E-state index contributed by atoms with van der Waals surface area (Å²) >= 11 is 0. The molecule has 1 aromatic heterocycles. The molecule has 1 aliphatic heterocycles. The summed E-state index contributed by atoms with van der Waals surface area (Å²) < 4.78 is 32.7. The van der Waals surface area contributed by atoms with E-state index >= 15 is 4.39 Å². The van der Waals surface area contributed by atoms with Gasteiger partial charge in [0, 0.05) is 12.3 Å². The summed E-state index contributed by atoms with van der Waals surface area (Å²) in [5.74, 6) is -1.73. The van der Waals surface area contributed by atoms with E-state index in [-0.39, 0.29) is 16.9 Å². The van der Waals surface area contributed by atoms with E-state index in [1.807, 2.05) is 0 Å². The lowest BCUT2D eigenvalue weighted by atomic mass is 10.1. The lowest BCUT2D eigenvalue weighted by molar-refractivity contribution is -0.0588. The molecule has 0 unspecified atom stereocenters. The Labute approximate surface area is 187 Å². The number of hydrogen-bond donors (Lipinski definition) is 1. The van der Waals surface area contributed by atoms with Gasteiger partial charge in [-0.15, -0.1) is 0 Å². The predicted molar refractivity (Wildman–Crippen MR) is 114 cm³/mol. The standard InChI is InChI=1S/C24H20FNO7/c25-20-21(33-24(30)16-9-5-2-6-10-16)18(14-31-23(29)15-7-3-1-4-8-15)32-22(20)26-12-11-17(27)13-19(26)28/h1-13,18,20-22,27H,14H2/t18-,20+,21-,22-/m1/s1. The number of rotatable bonds is 6. The van der Waals surface area contributed by atoms with Crippen molar-refractivity contribution >= 4 is 11.9 Å². The van der Waals surface area contributed by atoms with Crippen molar-refractivity contribution < 1.29 is 33.3 Å². The molecule has 3 aromatic rings. The van der Waals surface area contributed by atoms with Gasteiger partial charge in [-0.1, -0.05) is 36.4 Å². The third kappa shape index (κ3) is 4.93. The van der Waals surface area contributed by atoms with Gasteiger partial charge in [-0.3, -0.25) is 9.36 Å². The Morgan fingerprint density at radius 2 is 1.58 bits per heavy atom. The van der Waals surface area contributed by atoms with Gasteiger partial charge in [-0.05, 0) is 30.3 Å². The smallest absolute Gasteiger partial charge is 0.338 e. The summed E-state index contributed by atoms with van der Waals surface area (Å²) in [4.78, 5) is 37.1. The van der Waals surface area contributed by atoms with E-state index in [2.05, 4.69) is 0 Å². The van der Waals surface area contributed by atoms with E-state index in [1.165, 1.54) is 24.4 Å². The molecule has 33 heavy (non-hydrogen) atoms. The molecule has 1 N–H and O–H groups in total. The van der Waals surface area contributed by atoms with Crippen LogP contribution in [0.5, 0.6) is 5.75 Å². The fourth-order valence-corrected chi connectivity index (χ4v) is 3.46. The molecule has 170 valence electrons. The highest BCUT2D eigenvalue weighted by molar-refractivity contribution is 5.90. The number of nitrogens with zero attached hydrogens (tertiary/aromatic N) is 1. The van der Waals surface area contributed by atoms with E-state index in [1.54, 1.807) is 48.5 Å². The van der Waals surface area contributed by atoms with E-state index in [4.69, 9.17) is 14.2 Å². The van der Waals surface area contributed by atoms with Crippen LogP contribution in [-0.2, 0) is 14.2 Å². The molecule has 2 heterocycles. The molecule has 0 aliphatic carbocycles. The summed E-state index contributed by atoms with van der Waals surface area (Å²) in [6.45, 7) is -0.412. The van der Waals surface area contributed by atoms with Crippen molar-refractivity contribution in [2.75, 3.05) is 6.61 Å². The van der Waals surface area contributed by atoms with Crippen LogP contribution >= 0.6 is 0 Å². The molecule has 1 saturated heterocycles. The number of aromatic hydroxyl groups is 1. The van der Waals surface area contributed by atoms with Gasteiger partial charge in [0.2, 0.25) is 0 Å². The van der Waals surface area contributed by atoms with Crippen LogP contribution in [0.15, 0.2) is 83.8 Å². The Morgan fingerprint density at radius 1 is 0.970 bits per heavy atom. The van der Waals surface area contributed by atoms with Crippen LogP contribution in [0.4, 0.5) is 4.39 Å². The largest absolute Gasteiger partial charge is 0.508 e. The molecule has 0 spiro atoms. The van der Waals surface area contributed by atoms with Crippen molar-refractivity contribution in [2.24, 2.45) is 0 Å². The number of carbonyl (C=O) groups excluding carboxylic acids is 2. The summed E-state index contributed by atoms with van der Waals surface area (Å²) in [6, 6.07) is 18.3. The molecule has 4 atom stereocenters. The molecule has 1 aliphatic rings. The summed E-state index contributed by atoms with van der Waals surface area (Å²) in [6.07, 6.45) is -4.85. The van der Waals surface area contributed by atoms with Gasteiger partial charge in [0.1, 0.15) is 18.5 Å². The van der Waals surface area contributed by atoms with Crippen LogP contribution in [0, 0.1) is 0 Å². The minimum Gasteiger partial charge on any atom is -0.508 e. The van der Waals surface area contributed by atoms with Crippen LogP contribution in [0.25, 0.3) is 0 Å². The van der Waals surface area contributed by atoms with Gasteiger partial charge in [-0.25, -0.2) is 14.0 Å². The second-order valence-corrected chi connectivity index (χ2v) is 7.34. The fourth-order valence-electron chi connectivity index (χ4n) is 3.46. The average Bonchev–Trinajstić information content (AvgIpc) is 3.13. The van der Waals surface area contributed by atoms with Gasteiger partial charge in [-0.2, -0.15) is 0 Å². The maximum Gasteiger partial charge on any atom is 0.338 e. The SMILES string of the molecule is O=C(OC[C@H]1O[C@@H](n2ccc(O)cc2=O)[C@@H](F)[C@@H]1OC(=O)c1ccccc1)c1ccccc1. The van der Waals surface area contributed by atoms with Gasteiger partial charge in [0.25, 0.3) is 5.56 Å². The van der Waals surface area contributed by atoms with Crippen molar-refractivity contribution in [3.05, 3.63) is 100 Å². The first kappa shape index (κ1) is 22.2. The normalized spacial score (nSPS) is 22.0. The highest BCUT2D eigenvalue weighted by Crippen LogP contribution is 2.34. The Balaban J connectivity index is 1.56. The lowest BCUT2D eigenvalue weighted by Gasteiger charge is -2.19. The number of carbonyl (C=O) groups is 2. The van der Waals surface area contributed by atoms with Crippen molar-refractivity contribution in [1.29, 1.82) is 0 Å². The number of esters is 2. The van der Waals surface area contributed by atoms with Crippen molar-refractivity contribution in [1.82, 2.24) is 4.57 Å². The zero-order valence-corrected chi connectivity index (χ0v) is 17.2. The van der Waals surface area contributed by atoms with Crippen LogP contribution < -0.4 is 5.56 Å². The zero-order valence-electron chi connectivity index (χ0n) is 17.2. The summed E-state index contributed by atoms with van der Waals surface area (Å²) in [7, 11) is 0. The van der Waals surface area contributed by atoms with Gasteiger partial charge in [0.15, 0.2) is 18.5 Å². The molecular weight excluding hydrogens is 433 g/mol. The molecule has 1 fully saturated rings. The molecule has 0 saturated carbocycles. The molecule has 2 aromatic carbocycles. The van der Waals surface area contributed by atoms with Gasteiger partial charge < -0.3 is 19.3 Å². The highest BCUT2D eigenvalue weighted by atomic mass is 19.1. The molecule has 4 rings (SSSR count). The highest BCUT2D eigenvalue weighted by Gasteiger charge is 2.49. The number of ether oxygens (including phenoxy) is 3. The molecule has 8 nitrogen and oxygen atoms in total. The molecule has 9 heteroatoms. The number of hydrogen-bond acceptors (Lipinski definition) is 7. The van der Waals surface area contributed by atoms with Gasteiger partial charge in [0.05, 0.1) is 11.1 Å². The average molecular weight is 453 g/mol. The zero-order chi connectivity index (χ0) is 23.4. The molecule has 0 amide bonds. The second-order valence-electron chi connectivity index (χ2n) is 7.34. The number of pyridine rings is 1. The second kappa shape index (κ2) is 9.66. The third-order valence-corrected chi connectivity index (χ3v) is 5.11. The predicted octanol–water partition coefficient (Wildman–Crippen LogP) is 2.87. The minimum absolute atomic E-state index is 0.204. The number of halogens is 1. The quantitative estimate of drug-likeness (QED) is 0.573. The Kier molecular flexibility index (Phi) is 6.50. The van der Waals surface area contributed by atoms with Crippen molar-refractivity contribution in [3.63, 3.8) is 0 Å². The Hall–Kier alpha value is -3.98. The van der Waals surface area contributed by atoms with E-state index in [9.17, 15) is 19.5 Å². The van der Waals surface area contributed by atoms with E-state index < -0.39 is 48.7 Å². The van der Waals surface area contributed by atoms with Crippen LogP contribution in [0.1, 0.15) is 26.9 Å². The first-order valence-electron chi connectivity index (χ1n) is 10.1. The monoisotopic (exact) mass is 453 g/mol. The van der Waals surface area contributed by atoms with Crippen LogP contribution in [0.3, 0.4) is 0 Å². The topological polar surface area (TPSA) is 104 Å². The first-order chi connectivity index (χ1) is 15.9. The lowest BCUT2D eigenvalue weighted by Crippen LogP contribution is -2.37. The van der Waals surface area contributed by atoms with Crippen molar-refractivity contribution in [2.45, 2.75) is 24.6 Å². The van der Waals surface area contributed by atoms with Crippen LogP contribution in [-0.4, -0.2) is 46.6 Å². The van der Waals surface area contributed by atoms with Crippen LogP contribution in [0.2, 0.25) is 0 Å². The number of alkyl halides is 1. The molecule has 0 bridgehead atoms. The maximum absolute atomic E-state index is 15.4. The number of aromatic nitrogens is 1. The van der Waals surface area contributed by atoms with E-state index in [0.717, 1.165) is 10.6 Å². The third-order valence-electron chi connectivity index (χ3n) is 5.11. The first-order valence-corrected chi connectivity index (χ1v) is 10.1. The maximum atomic E-state index is 15.4. The molecular formula is C24H20FNO7. The fraction of sp³-hybridized carbons (Fsp3) is 0.208. The Morgan fingerprint density at radius 3 is 2.18 bits per heavy atom. The van der Waals surface area contributed by atoms with Gasteiger partial charge >= 0.3 is 11.9 Å². The molecule has 0 radical (unpaired) electrons.